The molecule has 8 bridgehead atoms. The summed E-state index contributed by atoms with van der Waals surface area (Å²) in [6.45, 7) is 0. The number of aromatic amines is 2. The fourth-order valence-electron chi connectivity index (χ4n) is 8.20. The van der Waals surface area contributed by atoms with Crippen LogP contribution in [-0.4, -0.2) is 40.7 Å². The molecule has 8 aromatic rings. The van der Waals surface area contributed by atoms with Gasteiger partial charge < -0.3 is 24.0 Å². The summed E-state index contributed by atoms with van der Waals surface area (Å²) >= 11 is 14.4. The van der Waals surface area contributed by atoms with Crippen molar-refractivity contribution in [2.75, 3.05) is 0 Å². The van der Waals surface area contributed by atoms with Crippen LogP contribution in [-0.2, 0) is 7.05 Å². The first kappa shape index (κ1) is 54.7. The first-order valence-corrected chi connectivity index (χ1v) is 21.6. The van der Waals surface area contributed by atoms with Crippen molar-refractivity contribution in [3.63, 3.8) is 0 Å². The lowest BCUT2D eigenvalue weighted by atomic mass is 10.00. The number of nitrogens with one attached hydrogen (secondary N) is 2. The van der Waals surface area contributed by atoms with Crippen molar-refractivity contribution in [2.45, 2.75) is 4.30 Å². The molecular weight excluding hydrogens is 1170 g/mol. The van der Waals surface area contributed by atoms with Crippen LogP contribution in [0.2, 0.25) is 0 Å². The average Bonchev–Trinajstić information content (AvgIpc) is 4.30. The fourth-order valence-corrected chi connectivity index (χ4v) is 8.20. The van der Waals surface area contributed by atoms with Crippen molar-refractivity contribution >= 4 is 79.6 Å². The Kier molecular flexibility index (Phi) is 13.6. The quantitative estimate of drug-likeness (QED) is 0.0596. The van der Waals surface area contributed by atoms with E-state index in [9.17, 15) is 27.2 Å². The van der Waals surface area contributed by atoms with Crippen LogP contribution >= 0.6 is 34.8 Å². The third kappa shape index (κ3) is 8.18. The van der Waals surface area contributed by atoms with Gasteiger partial charge in [0.15, 0.2) is 109 Å². The van der Waals surface area contributed by atoms with Gasteiger partial charge in [0.25, 0.3) is 0 Å². The van der Waals surface area contributed by atoms with Crippen molar-refractivity contribution in [3.05, 3.63) is 152 Å². The Morgan fingerprint density at radius 2 is 0.641 bits per heavy atom. The van der Waals surface area contributed by atoms with Crippen LogP contribution in [0.1, 0.15) is 21.0 Å². The van der Waals surface area contributed by atoms with Crippen LogP contribution in [0.25, 0.3) is 77.3 Å². The molecule has 0 saturated heterocycles. The normalized spacial score (nSPS) is 12.5. The minimum atomic E-state index is -2.87. The van der Waals surface area contributed by atoms with Gasteiger partial charge in [0.2, 0.25) is 35.0 Å². The second-order valence-corrected chi connectivity index (χ2v) is 17.7. The molecule has 0 unspecified atom stereocenters. The molecule has 2 aliphatic heterocycles. The lowest BCUT2D eigenvalue weighted by Crippen LogP contribution is -2.09. The molecule has 0 fully saturated rings. The highest BCUT2D eigenvalue weighted by Crippen LogP contribution is 2.48. The maximum Gasteiger partial charge on any atom is 0.364 e. The standard InChI is InChI=1S/C45H9F20N5O4.CHCl3/c1-70-4-6-7(5-70)39-17(15-24(52)32(60)37(65)33(61)25(15)53)43-68-40(44(71)74-43)10(12-18(46)26(54)34(62)27(55)19(12)47)8-2-3-9(66-8)11(13-20(48)28(56)35(63)29(57)21(13)49)42-69-41(45(72)73-42)16(38(6)67-39)14-22(50)30(58)36(64)31(59)23(14)51;2-1(3)4/h2-5,66-67H,1H3;1H. The number of halogens is 23. The average molecular weight is 1180 g/mol. The summed E-state index contributed by atoms with van der Waals surface area (Å²) in [6, 6.07) is 0.714. The number of aromatic nitrogens is 5. The zero-order valence-electron chi connectivity index (χ0n) is 36.6. The van der Waals surface area contributed by atoms with E-state index in [4.69, 9.17) is 44.3 Å². The molecule has 2 aliphatic rings. The molecule has 0 aliphatic carbocycles. The Morgan fingerprint density at radius 3 is 1.00 bits per heavy atom. The third-order valence-corrected chi connectivity index (χ3v) is 11.4. The summed E-state index contributed by atoms with van der Waals surface area (Å²) in [7, 11) is 1.06. The van der Waals surface area contributed by atoms with Gasteiger partial charge >= 0.3 is 11.9 Å². The van der Waals surface area contributed by atoms with E-state index >= 15 is 70.2 Å². The number of H-pyrrole nitrogens is 2. The molecule has 6 heterocycles. The van der Waals surface area contributed by atoms with Crippen molar-refractivity contribution in [1.82, 2.24) is 24.5 Å². The number of alkyl halides is 3. The van der Waals surface area contributed by atoms with Gasteiger partial charge in [-0.25, -0.2) is 107 Å². The van der Waals surface area contributed by atoms with E-state index in [0.717, 1.165) is 24.0 Å². The highest BCUT2D eigenvalue weighted by molar-refractivity contribution is 6.63. The lowest BCUT2D eigenvalue weighted by molar-refractivity contribution is 0.0746. The first-order valence-electron chi connectivity index (χ1n) is 20.3. The number of carbonyl (C=O) groups is 2. The Hall–Kier alpha value is -8.05. The molecule has 404 valence electrons. The van der Waals surface area contributed by atoms with Gasteiger partial charge in [-0.2, -0.15) is 0 Å². The predicted molar refractivity (Wildman–Crippen MR) is 230 cm³/mol. The Balaban J connectivity index is 0.00000179. The number of hydrogen-bond donors (Lipinski definition) is 2. The van der Waals surface area contributed by atoms with Crippen LogP contribution in [0.5, 0.6) is 11.8 Å². The van der Waals surface area contributed by atoms with Gasteiger partial charge in [0, 0.05) is 46.9 Å². The number of fused-ring (bicyclic) bond motifs is 11. The maximum absolute atomic E-state index is 16.2. The second kappa shape index (κ2) is 19.4. The van der Waals surface area contributed by atoms with Crippen LogP contribution < -0.4 is 9.47 Å². The fraction of sp³-hybridized carbons (Fsp3) is 0.0435. The lowest BCUT2D eigenvalue weighted by Gasteiger charge is -2.10. The van der Waals surface area contributed by atoms with Crippen LogP contribution in [0.4, 0.5) is 87.8 Å². The molecule has 32 heteroatoms. The highest BCUT2D eigenvalue weighted by Gasteiger charge is 2.40. The van der Waals surface area contributed by atoms with E-state index in [1.54, 1.807) is 0 Å². The van der Waals surface area contributed by atoms with Gasteiger partial charge in [0.1, 0.15) is 0 Å². The van der Waals surface area contributed by atoms with Crippen molar-refractivity contribution in [1.29, 1.82) is 0 Å². The van der Waals surface area contributed by atoms with E-state index in [1.165, 1.54) is 0 Å². The molecule has 0 spiro atoms. The van der Waals surface area contributed by atoms with Gasteiger partial charge in [-0.3, -0.25) is 0 Å². The molecule has 4 aromatic carbocycles. The van der Waals surface area contributed by atoms with Gasteiger partial charge in [0.05, 0.1) is 49.9 Å². The zero-order chi connectivity index (χ0) is 57.3. The van der Waals surface area contributed by atoms with Gasteiger partial charge in [-0.15, -0.1) is 0 Å². The second-order valence-electron chi connectivity index (χ2n) is 15.7. The number of carbonyl (C=O) groups excluding carboxylic acids is 2. The number of nitrogens with zero attached hydrogens (tertiary/aromatic N) is 3. The van der Waals surface area contributed by atoms with E-state index in [1.807, 2.05) is 4.98 Å². The third-order valence-electron chi connectivity index (χ3n) is 11.4. The molecular formula is C46H10Cl3F20N5O4. The Labute approximate surface area is 429 Å². The summed E-state index contributed by atoms with van der Waals surface area (Å²) in [5, 5.41) is -1.59. The molecule has 0 radical (unpaired) electrons. The largest absolute Gasteiger partial charge is 0.402 e. The molecule has 2 N–H and O–H groups in total. The van der Waals surface area contributed by atoms with Crippen molar-refractivity contribution in [2.24, 2.45) is 7.05 Å². The van der Waals surface area contributed by atoms with Gasteiger partial charge in [-0.1, -0.05) is 34.8 Å². The molecule has 0 saturated carbocycles. The molecule has 9 nitrogen and oxygen atoms in total. The summed E-state index contributed by atoms with van der Waals surface area (Å²) in [5.41, 5.74) is -24.5. The summed E-state index contributed by atoms with van der Waals surface area (Å²) < 4.78 is 318. The summed E-state index contributed by atoms with van der Waals surface area (Å²) in [5.74, 6) is -64.5. The number of esters is 2. The maximum atomic E-state index is 16.2. The number of rotatable bonds is 4. The van der Waals surface area contributed by atoms with Crippen LogP contribution in [0.15, 0.2) is 24.5 Å². The van der Waals surface area contributed by atoms with E-state index in [-0.39, 0.29) is 0 Å². The number of ether oxygens (including phenoxy) is 2. The number of benzene rings is 4. The monoisotopic (exact) mass is 1180 g/mol. The molecule has 0 amide bonds. The van der Waals surface area contributed by atoms with Crippen LogP contribution in [0.3, 0.4) is 0 Å². The number of hydrogen-bond acceptors (Lipinski definition) is 6. The Morgan fingerprint density at radius 1 is 0.385 bits per heavy atom. The van der Waals surface area contributed by atoms with Gasteiger partial charge in [-0.05, 0) is 12.1 Å². The molecule has 10 rings (SSSR count). The molecule has 0 atom stereocenters. The summed E-state index contributed by atoms with van der Waals surface area (Å²) in [6.07, 6.45) is 1.57. The van der Waals surface area contributed by atoms with E-state index < -0.39 is 233 Å². The minimum Gasteiger partial charge on any atom is -0.402 e. The number of aryl methyl sites for hydroxylation is 1. The predicted octanol–water partition coefficient (Wildman–Crippen LogP) is 14.7. The topological polar surface area (TPSA) is 115 Å². The smallest absolute Gasteiger partial charge is 0.364 e. The van der Waals surface area contributed by atoms with E-state index in [0.29, 0.717) is 12.1 Å². The molecule has 4 aromatic heterocycles. The first-order chi connectivity index (χ1) is 36.5. The summed E-state index contributed by atoms with van der Waals surface area (Å²) in [4.78, 5) is 39.4. The van der Waals surface area contributed by atoms with Crippen LogP contribution in [0, 0.1) is 116 Å². The van der Waals surface area contributed by atoms with E-state index in [2.05, 4.69) is 15.0 Å². The van der Waals surface area contributed by atoms with Crippen molar-refractivity contribution < 1.29 is 107 Å². The minimum absolute atomic E-state index is 0.355. The Bertz CT molecular complexity index is 4120. The SMILES string of the molecule is ClC(Cl)Cl.Cn1cc2c3[nH]c(c(-c4c(F)c(F)c(F)c(F)c4F)c4nc(c(-c5c(F)c(F)c(F)c(F)c5F)c5ccc([nH]5)c(-c5c(F)c(F)c(F)c(F)c5F)c5nc(c3-c3c(F)c(F)c(F)c(F)c3F)OC5=O)OC4=O)c2c1. The highest BCUT2D eigenvalue weighted by atomic mass is 35.6. The van der Waals surface area contributed by atoms with Crippen molar-refractivity contribution in [3.8, 4) is 56.3 Å². The zero-order valence-corrected chi connectivity index (χ0v) is 38.8. The molecule has 78 heavy (non-hydrogen) atoms.